The van der Waals surface area contributed by atoms with Gasteiger partial charge < -0.3 is 27.3 Å². The minimum absolute atomic E-state index is 0.154. The Kier molecular flexibility index (Phi) is 15.5. The molecular weight excluding hydrogens is 1060 g/mol. The molecule has 0 radical (unpaired) electrons. The van der Waals surface area contributed by atoms with Gasteiger partial charge in [-0.25, -0.2) is 14.8 Å². The highest BCUT2D eigenvalue weighted by molar-refractivity contribution is 6.86. The molecule has 12 aromatic rings. The minimum atomic E-state index is -0.602. The van der Waals surface area contributed by atoms with Crippen LogP contribution in [0.5, 0.6) is 11.5 Å². The SMILES string of the molecule is [C-]#[N+]/C(c1nc2cc(C)ccc2o1)=c1\c2c(-c3ccc(OCC(C)C)cc3)n(B(c3ccccc3C)c3ccccc3C)/c(=C(/C#N)c3nc4cc(C)ccc4o3)c2c(-c2ccc(OCC(C)C)cc2)n1B(c1ccccc1C)c1ccccc1C. The van der Waals surface area contributed by atoms with Gasteiger partial charge in [-0.15, -0.1) is 0 Å². The van der Waals surface area contributed by atoms with E-state index >= 15 is 0 Å². The molecule has 0 unspecified atom stereocenters. The molecule has 0 N–H and O–H groups in total. The van der Waals surface area contributed by atoms with E-state index in [0.29, 0.717) is 68.4 Å². The van der Waals surface area contributed by atoms with E-state index in [2.05, 4.69) is 197 Å². The van der Waals surface area contributed by atoms with E-state index in [9.17, 15) is 11.8 Å². The molecule has 0 spiro atoms. The highest BCUT2D eigenvalue weighted by atomic mass is 16.5. The maximum atomic E-state index is 12.5. The average Bonchev–Trinajstić information content (AvgIpc) is 1.53. The second-order valence-corrected chi connectivity index (χ2v) is 23.5. The molecular formula is C74H66B2N6O4. The van der Waals surface area contributed by atoms with E-state index in [4.69, 9.17) is 28.3 Å². The second-order valence-electron chi connectivity index (χ2n) is 23.5. The molecule has 10 nitrogen and oxygen atoms in total. The summed E-state index contributed by atoms with van der Waals surface area (Å²) >= 11 is 0. The smallest absolute Gasteiger partial charge is 0.328 e. The highest BCUT2D eigenvalue weighted by Gasteiger charge is 2.39. The van der Waals surface area contributed by atoms with E-state index in [-0.39, 0.29) is 34.9 Å². The summed E-state index contributed by atoms with van der Waals surface area (Å²) < 4.78 is 31.3. The van der Waals surface area contributed by atoms with Gasteiger partial charge in [0.15, 0.2) is 11.2 Å². The summed E-state index contributed by atoms with van der Waals surface area (Å²) in [5.74, 6) is 2.32. The van der Waals surface area contributed by atoms with Crippen LogP contribution in [0.15, 0.2) is 191 Å². The third-order valence-corrected chi connectivity index (χ3v) is 16.2. The van der Waals surface area contributed by atoms with Gasteiger partial charge in [0.1, 0.15) is 34.2 Å². The highest BCUT2D eigenvalue weighted by Crippen LogP contribution is 2.39. The number of benzene rings is 8. The number of hydrogen-bond donors (Lipinski definition) is 0. The molecule has 0 fully saturated rings. The summed E-state index contributed by atoms with van der Waals surface area (Å²) in [4.78, 5) is 15.1. The van der Waals surface area contributed by atoms with E-state index in [1.165, 1.54) is 0 Å². The Bertz CT molecular complexity index is 4390. The van der Waals surface area contributed by atoms with Crippen molar-refractivity contribution in [2.24, 2.45) is 11.8 Å². The summed E-state index contributed by atoms with van der Waals surface area (Å²) in [5, 5.41) is 14.9. The molecule has 0 saturated carbocycles. The van der Waals surface area contributed by atoms with Crippen LogP contribution in [0.2, 0.25) is 0 Å². The van der Waals surface area contributed by atoms with E-state index in [0.717, 1.165) is 77.7 Å². The number of aryl methyl sites for hydroxylation is 6. The molecule has 0 bridgehead atoms. The van der Waals surface area contributed by atoms with Crippen LogP contribution < -0.4 is 42.0 Å². The first kappa shape index (κ1) is 56.5. The van der Waals surface area contributed by atoms with Crippen molar-refractivity contribution in [3.63, 3.8) is 0 Å². The molecule has 8 aromatic carbocycles. The van der Waals surface area contributed by atoms with Gasteiger partial charge >= 0.3 is 13.7 Å². The molecule has 0 amide bonds. The zero-order chi connectivity index (χ0) is 59.9. The zero-order valence-electron chi connectivity index (χ0n) is 50.4. The molecule has 12 rings (SSSR count). The largest absolute Gasteiger partial charge is 0.493 e. The van der Waals surface area contributed by atoms with Gasteiger partial charge in [0, 0.05) is 22.2 Å². The molecule has 12 heteroatoms. The Labute approximate surface area is 503 Å². The first-order valence-electron chi connectivity index (χ1n) is 29.5. The Morgan fingerprint density at radius 3 is 1.27 bits per heavy atom. The fourth-order valence-electron chi connectivity index (χ4n) is 12.1. The molecule has 0 aliphatic heterocycles. The molecule has 4 aromatic heterocycles. The van der Waals surface area contributed by atoms with Crippen molar-refractivity contribution in [1.29, 1.82) is 5.26 Å². The number of ether oxygens (including phenoxy) is 2. The van der Waals surface area contributed by atoms with Crippen LogP contribution in [0, 0.1) is 71.3 Å². The summed E-state index contributed by atoms with van der Waals surface area (Å²) in [6.07, 6.45) is 0. The number of aromatic nitrogens is 4. The van der Waals surface area contributed by atoms with Gasteiger partial charge in [-0.3, -0.25) is 0 Å². The van der Waals surface area contributed by atoms with Crippen molar-refractivity contribution in [3.05, 3.63) is 249 Å². The molecule has 0 aliphatic carbocycles. The van der Waals surface area contributed by atoms with E-state index < -0.39 is 13.7 Å². The van der Waals surface area contributed by atoms with Crippen molar-refractivity contribution in [3.8, 4) is 40.1 Å². The molecule has 4 heterocycles. The number of hydrogen-bond acceptors (Lipinski definition) is 7. The Morgan fingerprint density at radius 2 is 0.884 bits per heavy atom. The average molecular weight is 1130 g/mol. The zero-order valence-corrected chi connectivity index (χ0v) is 50.4. The summed E-state index contributed by atoms with van der Waals surface area (Å²) in [7, 11) is 0. The molecule has 86 heavy (non-hydrogen) atoms. The van der Waals surface area contributed by atoms with Crippen molar-refractivity contribution in [1.82, 2.24) is 18.9 Å². The third-order valence-electron chi connectivity index (χ3n) is 16.2. The summed E-state index contributed by atoms with van der Waals surface area (Å²) in [6, 6.07) is 65.0. The van der Waals surface area contributed by atoms with Gasteiger partial charge in [0.25, 0.3) is 5.70 Å². The molecule has 0 saturated heterocycles. The fourth-order valence-corrected chi connectivity index (χ4v) is 12.1. The van der Waals surface area contributed by atoms with Crippen LogP contribution in [0.3, 0.4) is 0 Å². The fraction of sp³-hybridized carbons (Fsp3) is 0.189. The van der Waals surface area contributed by atoms with Crippen molar-refractivity contribution in [2.45, 2.75) is 69.2 Å². The van der Waals surface area contributed by atoms with Crippen molar-refractivity contribution >= 4 is 79.8 Å². The van der Waals surface area contributed by atoms with E-state index in [1.807, 2.05) is 74.5 Å². The predicted molar refractivity (Wildman–Crippen MR) is 351 cm³/mol. The maximum Gasteiger partial charge on any atom is 0.328 e. The normalized spacial score (nSPS) is 12.3. The maximum absolute atomic E-state index is 12.5. The summed E-state index contributed by atoms with van der Waals surface area (Å²) in [6.45, 7) is 30.8. The predicted octanol–water partition coefficient (Wildman–Crippen LogP) is 13.1. The topological polar surface area (TPSA) is 109 Å². The van der Waals surface area contributed by atoms with Gasteiger partial charge in [-0.2, -0.15) is 5.26 Å². The number of oxazole rings is 2. The second kappa shape index (κ2) is 23.6. The van der Waals surface area contributed by atoms with Gasteiger partial charge in [0.2, 0.25) is 11.8 Å². The first-order chi connectivity index (χ1) is 41.7. The standard InChI is InChI=1S/C74H66B2N6O4/c1-45(2)43-83-55-34-30-53(31-35-55)69-66-67(72(68(78-11)74-80-63-41-48(6)29-39-65(63)86-74)82(69)76(60-26-18-14-22-51(60)9)61-27-19-15-23-52(61)10)70(54-32-36-56(37-33-54)84-44-46(3)4)81(71(66)57(42-77)73-79-62-40-47(5)28-38-64(62)85-73)75(58-24-16-12-20-49(58)7)59-25-17-13-21-50(59)8/h12-41,45-46H,43-44H2,1-10H3/b71-57-,72-68+. The number of nitrogens with zero attached hydrogens (tertiary/aromatic N) is 6. The van der Waals surface area contributed by atoms with Crippen molar-refractivity contribution in [2.75, 3.05) is 13.2 Å². The number of rotatable bonds is 16. The lowest BCUT2D eigenvalue weighted by molar-refractivity contribution is 0.271. The van der Waals surface area contributed by atoms with Crippen LogP contribution in [-0.4, -0.2) is 45.8 Å². The third kappa shape index (κ3) is 10.5. The minimum Gasteiger partial charge on any atom is -0.493 e. The van der Waals surface area contributed by atoms with Crippen LogP contribution in [0.4, 0.5) is 0 Å². The number of nitriles is 1. The lowest BCUT2D eigenvalue weighted by atomic mass is 9.48. The van der Waals surface area contributed by atoms with Crippen molar-refractivity contribution < 1.29 is 18.3 Å². The van der Waals surface area contributed by atoms with Gasteiger partial charge in [-0.1, -0.05) is 159 Å². The molecule has 422 valence electrons. The van der Waals surface area contributed by atoms with E-state index in [1.54, 1.807) is 0 Å². The Morgan fingerprint density at radius 1 is 0.512 bits per heavy atom. The van der Waals surface area contributed by atoms with Crippen LogP contribution in [-0.2, 0) is 0 Å². The van der Waals surface area contributed by atoms with Crippen LogP contribution in [0.1, 0.15) is 72.9 Å². The molecule has 0 atom stereocenters. The monoisotopic (exact) mass is 1120 g/mol. The first-order valence-corrected chi connectivity index (χ1v) is 29.5. The van der Waals surface area contributed by atoms with Gasteiger partial charge in [-0.05, 0) is 170 Å². The molecule has 0 aliphatic rings. The van der Waals surface area contributed by atoms with Crippen LogP contribution >= 0.6 is 0 Å². The lowest BCUT2D eigenvalue weighted by Gasteiger charge is -2.26. The quantitative estimate of drug-likeness (QED) is 0.0700. The Balaban J connectivity index is 1.44. The lowest BCUT2D eigenvalue weighted by Crippen LogP contribution is -2.56. The Hall–Kier alpha value is -10.0. The summed E-state index contributed by atoms with van der Waals surface area (Å²) in [5.41, 5.74) is 16.0. The number of fused-ring (bicyclic) bond motifs is 3. The van der Waals surface area contributed by atoms with Gasteiger partial charge in [0.05, 0.1) is 30.5 Å². The van der Waals surface area contributed by atoms with Crippen LogP contribution in [0.25, 0.3) is 71.6 Å².